The van der Waals surface area contributed by atoms with E-state index in [0.29, 0.717) is 17.8 Å². The van der Waals surface area contributed by atoms with Gasteiger partial charge in [0, 0.05) is 24.9 Å². The van der Waals surface area contributed by atoms with Crippen LogP contribution in [0, 0.1) is 0 Å². The molecule has 0 bridgehead atoms. The topological polar surface area (TPSA) is 92.0 Å². The van der Waals surface area contributed by atoms with E-state index in [4.69, 9.17) is 5.84 Å². The number of nitrogens with one attached hydrogen (secondary N) is 2. The van der Waals surface area contributed by atoms with Crippen LogP contribution in [0.3, 0.4) is 0 Å². The lowest BCUT2D eigenvalue weighted by Crippen LogP contribution is -2.27. The second-order valence-corrected chi connectivity index (χ2v) is 5.62. The van der Waals surface area contributed by atoms with Crippen LogP contribution in [0.1, 0.15) is 27.7 Å². The number of nitrogens with zero attached hydrogens (tertiary/aromatic N) is 4. The monoisotopic (exact) mass is 299 g/mol. The number of nitrogens with two attached hydrogens (primary N) is 1. The highest BCUT2D eigenvalue weighted by Crippen LogP contribution is 2.14. The van der Waals surface area contributed by atoms with Crippen LogP contribution in [0.15, 0.2) is 0 Å². The maximum absolute atomic E-state index is 5.43. The molecule has 0 saturated heterocycles. The van der Waals surface area contributed by atoms with Gasteiger partial charge in [0.15, 0.2) is 0 Å². The van der Waals surface area contributed by atoms with E-state index in [1.807, 2.05) is 11.8 Å². The first-order chi connectivity index (χ1) is 9.64. The molecule has 0 aliphatic carbocycles. The van der Waals surface area contributed by atoms with Gasteiger partial charge < -0.3 is 10.2 Å². The quantitative estimate of drug-likeness (QED) is 0.467. The molecule has 0 amide bonds. The minimum Gasteiger partial charge on any atom is -0.351 e. The molecule has 0 fully saturated rings. The van der Waals surface area contributed by atoms with Crippen LogP contribution in [0.2, 0.25) is 0 Å². The van der Waals surface area contributed by atoms with Crippen molar-refractivity contribution in [3.05, 3.63) is 0 Å². The molecule has 1 rings (SSSR count). The summed E-state index contributed by atoms with van der Waals surface area (Å²) in [6.45, 7) is 10.1. The predicted molar refractivity (Wildman–Crippen MR) is 87.3 cm³/mol. The molecule has 4 N–H and O–H groups in total. The van der Waals surface area contributed by atoms with Crippen molar-refractivity contribution in [1.29, 1.82) is 0 Å². The second-order valence-electron chi connectivity index (χ2n) is 4.30. The van der Waals surface area contributed by atoms with E-state index >= 15 is 0 Å². The van der Waals surface area contributed by atoms with Crippen molar-refractivity contribution in [2.24, 2.45) is 5.84 Å². The van der Waals surface area contributed by atoms with Crippen molar-refractivity contribution in [2.75, 3.05) is 40.2 Å². The van der Waals surface area contributed by atoms with Gasteiger partial charge in [0.2, 0.25) is 17.8 Å². The molecule has 1 aromatic rings. The van der Waals surface area contributed by atoms with E-state index in [1.54, 1.807) is 0 Å². The van der Waals surface area contributed by atoms with Crippen molar-refractivity contribution in [3.63, 3.8) is 0 Å². The Morgan fingerprint density at radius 2 is 1.80 bits per heavy atom. The van der Waals surface area contributed by atoms with Gasteiger partial charge in [0.25, 0.3) is 0 Å². The Bertz CT molecular complexity index is 397. The number of anilines is 3. The van der Waals surface area contributed by atoms with Crippen molar-refractivity contribution >= 4 is 29.6 Å². The van der Waals surface area contributed by atoms with Crippen molar-refractivity contribution in [1.82, 2.24) is 15.0 Å². The molecular weight excluding hydrogens is 274 g/mol. The Kier molecular flexibility index (Phi) is 7.38. The van der Waals surface area contributed by atoms with Crippen LogP contribution in [0.25, 0.3) is 0 Å². The number of nitrogen functional groups attached to an aromatic ring is 1. The van der Waals surface area contributed by atoms with E-state index in [2.05, 4.69) is 58.3 Å². The molecule has 8 heteroatoms. The van der Waals surface area contributed by atoms with E-state index in [-0.39, 0.29) is 6.04 Å². The first kappa shape index (κ1) is 16.8. The smallest absolute Gasteiger partial charge is 0.243 e. The zero-order valence-corrected chi connectivity index (χ0v) is 13.5. The van der Waals surface area contributed by atoms with E-state index in [0.717, 1.165) is 24.6 Å². The highest BCUT2D eigenvalue weighted by atomic mass is 32.2. The fraction of sp³-hybridized carbons (Fsp3) is 0.750. The number of hydrazine groups is 1. The Morgan fingerprint density at radius 3 is 2.35 bits per heavy atom. The fourth-order valence-corrected chi connectivity index (χ4v) is 2.37. The molecule has 0 aliphatic heterocycles. The molecule has 114 valence electrons. The molecule has 7 nitrogen and oxygen atoms in total. The highest BCUT2D eigenvalue weighted by Gasteiger charge is 2.12. The molecule has 0 spiro atoms. The molecule has 1 aromatic heterocycles. The lowest BCUT2D eigenvalue weighted by atomic mass is 10.4. The summed E-state index contributed by atoms with van der Waals surface area (Å²) in [6.07, 6.45) is 0. The van der Waals surface area contributed by atoms with Crippen molar-refractivity contribution in [3.8, 4) is 0 Å². The van der Waals surface area contributed by atoms with Gasteiger partial charge in [-0.05, 0) is 26.5 Å². The fourth-order valence-electron chi connectivity index (χ4n) is 1.70. The van der Waals surface area contributed by atoms with Crippen LogP contribution >= 0.6 is 11.8 Å². The largest absolute Gasteiger partial charge is 0.351 e. The first-order valence-corrected chi connectivity index (χ1v) is 8.11. The maximum Gasteiger partial charge on any atom is 0.243 e. The van der Waals surface area contributed by atoms with Gasteiger partial charge in [-0.1, -0.05) is 6.92 Å². The average molecular weight is 299 g/mol. The van der Waals surface area contributed by atoms with Gasteiger partial charge in [0.05, 0.1) is 0 Å². The molecular formula is C12H25N7S. The summed E-state index contributed by atoms with van der Waals surface area (Å²) in [6, 6.07) is 0.289. The first-order valence-electron chi connectivity index (χ1n) is 6.96. The SMILES string of the molecule is CCSCC(C)Nc1nc(NN)nc(N(CC)CC)n1. The zero-order chi connectivity index (χ0) is 15.0. The van der Waals surface area contributed by atoms with E-state index in [9.17, 15) is 0 Å². The lowest BCUT2D eigenvalue weighted by molar-refractivity contribution is 0.804. The number of thioether (sulfide) groups is 1. The molecule has 20 heavy (non-hydrogen) atoms. The molecule has 1 heterocycles. The maximum atomic E-state index is 5.43. The van der Waals surface area contributed by atoms with Crippen LogP contribution in [-0.4, -0.2) is 45.6 Å². The summed E-state index contributed by atoms with van der Waals surface area (Å²) < 4.78 is 0. The molecule has 1 unspecified atom stereocenters. The highest BCUT2D eigenvalue weighted by molar-refractivity contribution is 7.99. The summed E-state index contributed by atoms with van der Waals surface area (Å²) in [4.78, 5) is 15.0. The Balaban J connectivity index is 2.87. The summed E-state index contributed by atoms with van der Waals surface area (Å²) in [7, 11) is 0. The van der Waals surface area contributed by atoms with Crippen molar-refractivity contribution in [2.45, 2.75) is 33.7 Å². The number of aromatic nitrogens is 3. The minimum atomic E-state index is 0.289. The van der Waals surface area contributed by atoms with Gasteiger partial charge in [-0.3, -0.25) is 5.43 Å². The van der Waals surface area contributed by atoms with Crippen molar-refractivity contribution < 1.29 is 0 Å². The average Bonchev–Trinajstić information content (AvgIpc) is 2.46. The number of rotatable bonds is 9. The third-order valence-electron chi connectivity index (χ3n) is 2.75. The van der Waals surface area contributed by atoms with Crippen LogP contribution in [0.4, 0.5) is 17.8 Å². The molecule has 1 atom stereocenters. The van der Waals surface area contributed by atoms with Gasteiger partial charge in [-0.25, -0.2) is 5.84 Å². The summed E-state index contributed by atoms with van der Waals surface area (Å²) in [5.74, 6) is 9.10. The number of hydrogen-bond donors (Lipinski definition) is 3. The van der Waals surface area contributed by atoms with Crippen LogP contribution in [-0.2, 0) is 0 Å². The van der Waals surface area contributed by atoms with Crippen LogP contribution < -0.4 is 21.5 Å². The minimum absolute atomic E-state index is 0.289. The summed E-state index contributed by atoms with van der Waals surface area (Å²) >= 11 is 1.88. The Hall–Kier alpha value is -1.28. The zero-order valence-electron chi connectivity index (χ0n) is 12.7. The normalized spacial score (nSPS) is 12.1. The second kappa shape index (κ2) is 8.80. The lowest BCUT2D eigenvalue weighted by Gasteiger charge is -2.20. The van der Waals surface area contributed by atoms with Gasteiger partial charge >= 0.3 is 0 Å². The third-order valence-corrected chi connectivity index (χ3v) is 3.89. The van der Waals surface area contributed by atoms with Gasteiger partial charge in [-0.2, -0.15) is 26.7 Å². The third kappa shape index (κ3) is 5.01. The number of hydrogen-bond acceptors (Lipinski definition) is 8. The Labute approximate surface area is 125 Å². The van der Waals surface area contributed by atoms with Gasteiger partial charge in [-0.15, -0.1) is 0 Å². The van der Waals surface area contributed by atoms with Crippen LogP contribution in [0.5, 0.6) is 0 Å². The predicted octanol–water partition coefficient (Wildman–Crippen LogP) is 1.56. The molecule has 0 aliphatic rings. The van der Waals surface area contributed by atoms with E-state index < -0.39 is 0 Å². The molecule has 0 aromatic carbocycles. The van der Waals surface area contributed by atoms with Gasteiger partial charge in [0.1, 0.15) is 0 Å². The summed E-state index contributed by atoms with van der Waals surface area (Å²) in [5, 5.41) is 3.29. The van der Waals surface area contributed by atoms with E-state index in [1.165, 1.54) is 0 Å². The molecule has 0 saturated carbocycles. The summed E-state index contributed by atoms with van der Waals surface area (Å²) in [5.41, 5.74) is 2.49. The molecule has 0 radical (unpaired) electrons. The Morgan fingerprint density at radius 1 is 1.15 bits per heavy atom. The standard InChI is InChI=1S/C12H25N7S/c1-5-19(6-2)12-16-10(15-11(17-12)18-13)14-9(4)8-20-7-3/h9H,5-8,13H2,1-4H3,(H2,14,15,16,17,18).